The number of nitrogens with zero attached hydrogens (tertiary/aromatic N) is 1. The molecule has 80 valence electrons. The van der Waals surface area contributed by atoms with Gasteiger partial charge in [-0.3, -0.25) is 9.69 Å². The second kappa shape index (κ2) is 2.76. The molecule has 0 radical (unpaired) electrons. The summed E-state index contributed by atoms with van der Waals surface area (Å²) in [5, 5.41) is 9.10. The molecular formula is C9H10N2O3S. The number of fused-ring (bicyclic) bond motifs is 1. The van der Waals surface area contributed by atoms with Crippen molar-refractivity contribution in [2.75, 3.05) is 0 Å². The highest BCUT2D eigenvalue weighted by Gasteiger charge is 2.53. The van der Waals surface area contributed by atoms with Crippen molar-refractivity contribution in [2.45, 2.75) is 24.3 Å². The Morgan fingerprint density at radius 1 is 1.60 bits per heavy atom. The molecular weight excluding hydrogens is 216 g/mol. The predicted molar refractivity (Wildman–Crippen MR) is 53.6 cm³/mol. The van der Waals surface area contributed by atoms with Crippen LogP contribution in [0.4, 0.5) is 0 Å². The largest absolute Gasteiger partial charge is 0.477 e. The van der Waals surface area contributed by atoms with Gasteiger partial charge >= 0.3 is 5.97 Å². The predicted octanol–water partition coefficient (Wildman–Crippen LogP) is -0.0650. The molecule has 3 N–H and O–H groups in total. The number of carbonyl (C=O) groups excluding carboxylic acids is 1. The highest BCUT2D eigenvalue weighted by molar-refractivity contribution is 8.04. The first-order valence-corrected chi connectivity index (χ1v) is 5.69. The molecule has 2 fully saturated rings. The second-order valence-electron chi connectivity index (χ2n) is 4.06. The zero-order chi connectivity index (χ0) is 10.7. The molecule has 15 heavy (non-hydrogen) atoms. The Bertz CT molecular complexity index is 406. The smallest absolute Gasteiger partial charge is 0.353 e. The van der Waals surface area contributed by atoms with Crippen LogP contribution in [-0.2, 0) is 9.59 Å². The minimum atomic E-state index is -1.01. The van der Waals surface area contributed by atoms with Gasteiger partial charge in [-0.05, 0) is 6.42 Å². The Kier molecular flexibility index (Phi) is 1.70. The van der Waals surface area contributed by atoms with E-state index in [2.05, 4.69) is 0 Å². The summed E-state index contributed by atoms with van der Waals surface area (Å²) in [6.45, 7) is 0. The van der Waals surface area contributed by atoms with Gasteiger partial charge in [0.1, 0.15) is 5.70 Å². The van der Waals surface area contributed by atoms with Crippen LogP contribution in [0, 0.1) is 5.92 Å². The van der Waals surface area contributed by atoms with Crippen molar-refractivity contribution >= 4 is 23.6 Å². The van der Waals surface area contributed by atoms with E-state index in [1.54, 1.807) is 0 Å². The molecule has 0 bridgehead atoms. The summed E-state index contributed by atoms with van der Waals surface area (Å²) in [6.07, 6.45) is 1.29. The number of hydrogen-bond donors (Lipinski definition) is 2. The van der Waals surface area contributed by atoms with Gasteiger partial charge in [0.05, 0.1) is 11.8 Å². The van der Waals surface area contributed by atoms with E-state index in [-0.39, 0.29) is 28.9 Å². The molecule has 1 aliphatic carbocycles. The Morgan fingerprint density at radius 2 is 2.27 bits per heavy atom. The Morgan fingerprint density at radius 3 is 2.73 bits per heavy atom. The number of rotatable bonds is 2. The van der Waals surface area contributed by atoms with Gasteiger partial charge in [0.2, 0.25) is 5.91 Å². The van der Waals surface area contributed by atoms with Gasteiger partial charge in [0.15, 0.2) is 0 Å². The van der Waals surface area contributed by atoms with Crippen LogP contribution in [0.25, 0.3) is 0 Å². The summed E-state index contributed by atoms with van der Waals surface area (Å²) in [4.78, 5) is 24.6. The maximum atomic E-state index is 11.3. The summed E-state index contributed by atoms with van der Waals surface area (Å²) in [6, 6.07) is 0.0793. The van der Waals surface area contributed by atoms with Crippen molar-refractivity contribution < 1.29 is 14.7 Å². The van der Waals surface area contributed by atoms with E-state index in [0.29, 0.717) is 6.42 Å². The molecule has 2 aliphatic heterocycles. The third kappa shape index (κ3) is 1.15. The average molecular weight is 226 g/mol. The quantitative estimate of drug-likeness (QED) is 0.644. The van der Waals surface area contributed by atoms with Crippen molar-refractivity contribution in [1.82, 2.24) is 4.90 Å². The fourth-order valence-corrected chi connectivity index (χ4v) is 3.65. The number of hydrogen-bond acceptors (Lipinski definition) is 4. The molecule has 3 rings (SSSR count). The Balaban J connectivity index is 1.97. The molecule has 0 aromatic heterocycles. The van der Waals surface area contributed by atoms with Gasteiger partial charge in [-0.2, -0.15) is 0 Å². The van der Waals surface area contributed by atoms with Crippen LogP contribution in [-0.4, -0.2) is 33.3 Å². The molecule has 1 amide bonds. The summed E-state index contributed by atoms with van der Waals surface area (Å²) in [7, 11) is 0. The molecule has 6 heteroatoms. The highest BCUT2D eigenvalue weighted by Crippen LogP contribution is 2.54. The SMILES string of the molecule is N[C@@H]1C[C@H]1C1=C(C(=O)O)N2C(=O)C[C@@H]2S1. The molecule has 0 unspecified atom stereocenters. The molecule has 3 aliphatic rings. The number of carbonyl (C=O) groups is 2. The monoisotopic (exact) mass is 226 g/mol. The van der Waals surface area contributed by atoms with Gasteiger partial charge in [0, 0.05) is 16.9 Å². The minimum Gasteiger partial charge on any atom is -0.477 e. The number of carboxylic acid groups (broad SMARTS) is 1. The summed E-state index contributed by atoms with van der Waals surface area (Å²) < 4.78 is 0. The minimum absolute atomic E-state index is 0.0198. The molecule has 0 spiro atoms. The van der Waals surface area contributed by atoms with Crippen molar-refractivity contribution in [2.24, 2.45) is 11.7 Å². The topological polar surface area (TPSA) is 83.6 Å². The van der Waals surface area contributed by atoms with Crippen LogP contribution in [0.1, 0.15) is 12.8 Å². The third-order valence-electron chi connectivity index (χ3n) is 3.02. The van der Waals surface area contributed by atoms with E-state index >= 15 is 0 Å². The van der Waals surface area contributed by atoms with Gasteiger partial charge in [-0.1, -0.05) is 0 Å². The maximum absolute atomic E-state index is 11.3. The summed E-state index contributed by atoms with van der Waals surface area (Å²) in [5.74, 6) is -0.930. The van der Waals surface area contributed by atoms with Crippen molar-refractivity contribution in [3.63, 3.8) is 0 Å². The normalized spacial score (nSPS) is 37.8. The molecule has 1 saturated carbocycles. The van der Waals surface area contributed by atoms with Crippen molar-refractivity contribution in [3.8, 4) is 0 Å². The fourth-order valence-electron chi connectivity index (χ4n) is 2.06. The van der Waals surface area contributed by atoms with Crippen molar-refractivity contribution in [3.05, 3.63) is 10.6 Å². The Labute approximate surface area is 90.3 Å². The number of β-lactam (4-membered cyclic amide) rings is 1. The number of amides is 1. The number of carboxylic acids is 1. The van der Waals surface area contributed by atoms with Gasteiger partial charge in [-0.25, -0.2) is 4.79 Å². The van der Waals surface area contributed by atoms with Crippen LogP contribution >= 0.6 is 11.8 Å². The first kappa shape index (κ1) is 9.23. The summed E-state index contributed by atoms with van der Waals surface area (Å²) in [5.41, 5.74) is 5.89. The van der Waals surface area contributed by atoms with E-state index in [1.165, 1.54) is 16.7 Å². The fraction of sp³-hybridized carbons (Fsp3) is 0.556. The van der Waals surface area contributed by atoms with Crippen LogP contribution < -0.4 is 5.73 Å². The van der Waals surface area contributed by atoms with E-state index < -0.39 is 5.97 Å². The van der Waals surface area contributed by atoms with E-state index in [1.807, 2.05) is 0 Å². The average Bonchev–Trinajstić information content (AvgIpc) is 2.76. The lowest BCUT2D eigenvalue weighted by Gasteiger charge is -2.33. The molecule has 1 saturated heterocycles. The maximum Gasteiger partial charge on any atom is 0.353 e. The summed E-state index contributed by atoms with van der Waals surface area (Å²) >= 11 is 1.50. The Hall–Kier alpha value is -1.01. The third-order valence-corrected chi connectivity index (χ3v) is 4.42. The van der Waals surface area contributed by atoms with Crippen LogP contribution in [0.5, 0.6) is 0 Å². The van der Waals surface area contributed by atoms with E-state index in [0.717, 1.165) is 11.3 Å². The van der Waals surface area contributed by atoms with Crippen molar-refractivity contribution in [1.29, 1.82) is 0 Å². The molecule has 3 atom stereocenters. The zero-order valence-electron chi connectivity index (χ0n) is 7.84. The first-order valence-electron chi connectivity index (χ1n) is 4.81. The van der Waals surface area contributed by atoms with Gasteiger partial charge < -0.3 is 10.8 Å². The highest BCUT2D eigenvalue weighted by atomic mass is 32.2. The number of nitrogens with two attached hydrogens (primary N) is 1. The standard InChI is InChI=1S/C9H10N2O3S/c10-4-1-3(4)8-7(9(13)14)11-5(12)2-6(11)15-8/h3-4,6H,1-2,10H2,(H,13,14)/t3-,4-,6+/m1/s1. The first-order chi connectivity index (χ1) is 7.09. The molecule has 5 nitrogen and oxygen atoms in total. The lowest BCUT2D eigenvalue weighted by molar-refractivity contribution is -0.145. The van der Waals surface area contributed by atoms with Crippen LogP contribution in [0.15, 0.2) is 10.6 Å². The van der Waals surface area contributed by atoms with E-state index in [9.17, 15) is 9.59 Å². The van der Waals surface area contributed by atoms with Crippen LogP contribution in [0.3, 0.4) is 0 Å². The second-order valence-corrected chi connectivity index (χ2v) is 5.28. The molecule has 0 aromatic carbocycles. The van der Waals surface area contributed by atoms with E-state index in [4.69, 9.17) is 10.8 Å². The number of aliphatic carboxylic acids is 1. The number of thioether (sulfide) groups is 1. The van der Waals surface area contributed by atoms with Gasteiger partial charge in [-0.15, -0.1) is 11.8 Å². The lowest BCUT2D eigenvalue weighted by atomic mass is 10.1. The zero-order valence-corrected chi connectivity index (χ0v) is 8.66. The molecule has 2 heterocycles. The molecule has 0 aromatic rings. The van der Waals surface area contributed by atoms with Crippen LogP contribution in [0.2, 0.25) is 0 Å². The lowest BCUT2D eigenvalue weighted by Crippen LogP contribution is -2.48. The van der Waals surface area contributed by atoms with Gasteiger partial charge in [0.25, 0.3) is 0 Å².